The summed E-state index contributed by atoms with van der Waals surface area (Å²) in [6.45, 7) is 5.00. The molecule has 1 saturated carbocycles. The molecular weight excluding hydrogens is 405 g/mol. The molecule has 2 aliphatic carbocycles. The zero-order valence-corrected chi connectivity index (χ0v) is 18.4. The molecule has 0 heterocycles. The summed E-state index contributed by atoms with van der Waals surface area (Å²) in [5, 5.41) is 0. The Morgan fingerprint density at radius 1 is 1.23 bits per heavy atom. The number of benzene rings is 1. The lowest BCUT2D eigenvalue weighted by Crippen LogP contribution is -2.31. The van der Waals surface area contributed by atoms with E-state index in [2.05, 4.69) is 24.7 Å². The molecule has 3 rings (SSSR count). The summed E-state index contributed by atoms with van der Waals surface area (Å²) in [5.74, 6) is -0.840. The van der Waals surface area contributed by atoms with E-state index in [9.17, 15) is 18.0 Å². The summed E-state index contributed by atoms with van der Waals surface area (Å²) in [6, 6.07) is 3.12. The van der Waals surface area contributed by atoms with Crippen molar-refractivity contribution in [3.05, 3.63) is 47.8 Å². The zero-order valence-electron chi connectivity index (χ0n) is 18.4. The Hall–Kier alpha value is -2.24. The minimum atomic E-state index is -3.50. The van der Waals surface area contributed by atoms with E-state index in [1.54, 1.807) is 6.08 Å². The maximum atomic E-state index is 14.0. The van der Waals surface area contributed by atoms with Crippen molar-refractivity contribution in [2.75, 3.05) is 0 Å². The van der Waals surface area contributed by atoms with E-state index in [1.165, 1.54) is 44.6 Å². The first kappa shape index (κ1) is 23.4. The predicted octanol–water partition coefficient (Wildman–Crippen LogP) is 7.22. The average molecular weight is 437 g/mol. The van der Waals surface area contributed by atoms with Crippen LogP contribution >= 0.6 is 0 Å². The van der Waals surface area contributed by atoms with E-state index in [-0.39, 0.29) is 11.2 Å². The second kappa shape index (κ2) is 9.49. The van der Waals surface area contributed by atoms with Gasteiger partial charge in [-0.15, -0.1) is 0 Å². The van der Waals surface area contributed by atoms with Gasteiger partial charge in [0.05, 0.1) is 5.57 Å². The third kappa shape index (κ3) is 6.14. The highest BCUT2D eigenvalue weighted by Crippen LogP contribution is 2.46. The standard InChI is InChI=1S/C25H31F3O3/c1-4-5-17-6-8-19(9-7-17)24(2)14-12-18(13-15-24)23(29)30-20-10-11-22(21(26)16-20)31-25(3,27)28/h10-14,16-17,19H,4-9,15H2,1-3H3. The summed E-state index contributed by atoms with van der Waals surface area (Å²) in [5.41, 5.74) is 0.440. The molecule has 170 valence electrons. The fraction of sp³-hybridized carbons (Fsp3) is 0.560. The van der Waals surface area contributed by atoms with E-state index in [4.69, 9.17) is 4.74 Å². The van der Waals surface area contributed by atoms with Crippen LogP contribution in [0.2, 0.25) is 0 Å². The van der Waals surface area contributed by atoms with Crippen LogP contribution in [0.5, 0.6) is 11.5 Å². The van der Waals surface area contributed by atoms with Gasteiger partial charge in [0.15, 0.2) is 11.6 Å². The largest absolute Gasteiger partial charge is 0.430 e. The summed E-state index contributed by atoms with van der Waals surface area (Å²) in [7, 11) is 0. The van der Waals surface area contributed by atoms with Gasteiger partial charge in [0.1, 0.15) is 5.75 Å². The predicted molar refractivity (Wildman–Crippen MR) is 114 cm³/mol. The van der Waals surface area contributed by atoms with Crippen LogP contribution < -0.4 is 9.47 Å². The van der Waals surface area contributed by atoms with Gasteiger partial charge in [-0.2, -0.15) is 8.78 Å². The van der Waals surface area contributed by atoms with Crippen LogP contribution in [0.4, 0.5) is 13.2 Å². The maximum Gasteiger partial charge on any atom is 0.395 e. The number of hydrogen-bond donors (Lipinski definition) is 0. The minimum absolute atomic E-state index is 0.0252. The van der Waals surface area contributed by atoms with Gasteiger partial charge in [-0.25, -0.2) is 9.18 Å². The monoisotopic (exact) mass is 436 g/mol. The fourth-order valence-electron chi connectivity index (χ4n) is 4.71. The van der Waals surface area contributed by atoms with Gasteiger partial charge < -0.3 is 9.47 Å². The Bertz CT molecular complexity index is 848. The number of allylic oxidation sites excluding steroid dienone is 2. The lowest BCUT2D eigenvalue weighted by Gasteiger charge is -2.40. The number of ether oxygens (including phenoxy) is 2. The second-order valence-electron chi connectivity index (χ2n) is 9.10. The topological polar surface area (TPSA) is 35.5 Å². The number of hydrogen-bond acceptors (Lipinski definition) is 3. The van der Waals surface area contributed by atoms with Gasteiger partial charge in [-0.1, -0.05) is 57.8 Å². The van der Waals surface area contributed by atoms with Crippen LogP contribution in [0.15, 0.2) is 42.0 Å². The van der Waals surface area contributed by atoms with E-state index in [0.29, 0.717) is 18.4 Å². The molecule has 0 radical (unpaired) electrons. The summed E-state index contributed by atoms with van der Waals surface area (Å²) in [6.07, 6.45) is 10.5. The Labute approximate surface area is 182 Å². The Morgan fingerprint density at radius 2 is 1.94 bits per heavy atom. The molecule has 0 bridgehead atoms. The number of halogens is 3. The molecule has 0 aromatic heterocycles. The first-order chi connectivity index (χ1) is 14.6. The number of rotatable bonds is 7. The van der Waals surface area contributed by atoms with Crippen molar-refractivity contribution in [2.24, 2.45) is 17.3 Å². The molecule has 0 aliphatic heterocycles. The molecule has 2 aliphatic rings. The fourth-order valence-corrected chi connectivity index (χ4v) is 4.71. The van der Waals surface area contributed by atoms with Crippen molar-refractivity contribution >= 4 is 5.97 Å². The highest BCUT2D eigenvalue weighted by atomic mass is 19.3. The summed E-state index contributed by atoms with van der Waals surface area (Å²) in [4.78, 5) is 12.5. The van der Waals surface area contributed by atoms with Crippen LogP contribution in [0.25, 0.3) is 0 Å². The van der Waals surface area contributed by atoms with Crippen molar-refractivity contribution in [3.8, 4) is 11.5 Å². The number of alkyl halides is 2. The third-order valence-electron chi connectivity index (χ3n) is 6.52. The summed E-state index contributed by atoms with van der Waals surface area (Å²) >= 11 is 0. The summed E-state index contributed by atoms with van der Waals surface area (Å²) < 4.78 is 49.3. The van der Waals surface area contributed by atoms with Gasteiger partial charge in [-0.05, 0) is 48.6 Å². The van der Waals surface area contributed by atoms with Crippen molar-refractivity contribution < 1.29 is 27.4 Å². The molecule has 1 aromatic carbocycles. The van der Waals surface area contributed by atoms with Crippen LogP contribution in [0, 0.1) is 23.1 Å². The lowest BCUT2D eigenvalue weighted by molar-refractivity contribution is -0.160. The van der Waals surface area contributed by atoms with E-state index >= 15 is 0 Å². The Balaban J connectivity index is 1.58. The molecule has 1 atom stereocenters. The van der Waals surface area contributed by atoms with Crippen LogP contribution in [0.3, 0.4) is 0 Å². The molecule has 1 unspecified atom stereocenters. The molecule has 0 spiro atoms. The number of carbonyl (C=O) groups excluding carboxylic acids is 1. The highest BCUT2D eigenvalue weighted by molar-refractivity contribution is 5.93. The normalized spacial score (nSPS) is 26.3. The van der Waals surface area contributed by atoms with Crippen LogP contribution in [-0.4, -0.2) is 12.1 Å². The molecule has 0 N–H and O–H groups in total. The molecule has 0 saturated heterocycles. The lowest BCUT2D eigenvalue weighted by atomic mass is 9.64. The molecule has 0 amide bonds. The highest BCUT2D eigenvalue weighted by Gasteiger charge is 2.36. The Kier molecular flexibility index (Phi) is 7.17. The molecule has 3 nitrogen and oxygen atoms in total. The molecular formula is C25H31F3O3. The quantitative estimate of drug-likeness (QED) is 0.334. The van der Waals surface area contributed by atoms with Crippen molar-refractivity contribution in [2.45, 2.75) is 71.8 Å². The van der Waals surface area contributed by atoms with Crippen molar-refractivity contribution in [1.29, 1.82) is 0 Å². The number of carbonyl (C=O) groups is 1. The van der Waals surface area contributed by atoms with E-state index in [1.807, 2.05) is 6.08 Å². The maximum absolute atomic E-state index is 14.0. The van der Waals surface area contributed by atoms with Gasteiger partial charge in [0, 0.05) is 13.0 Å². The minimum Gasteiger partial charge on any atom is -0.430 e. The van der Waals surface area contributed by atoms with Gasteiger partial charge in [0.2, 0.25) is 0 Å². The molecule has 1 aromatic rings. The SMILES string of the molecule is CCCC1CCC(C2(C)C=CC(C(=O)Oc3ccc(OC(C)(F)F)c(F)c3)=CC2)CC1. The van der Waals surface area contributed by atoms with Gasteiger partial charge >= 0.3 is 12.1 Å². The zero-order chi connectivity index (χ0) is 22.6. The second-order valence-corrected chi connectivity index (χ2v) is 9.10. The van der Waals surface area contributed by atoms with Gasteiger partial charge in [-0.3, -0.25) is 0 Å². The Morgan fingerprint density at radius 3 is 2.48 bits per heavy atom. The molecule has 6 heteroatoms. The van der Waals surface area contributed by atoms with E-state index < -0.39 is 23.6 Å². The first-order valence-electron chi connectivity index (χ1n) is 11.1. The van der Waals surface area contributed by atoms with Crippen LogP contribution in [-0.2, 0) is 4.79 Å². The van der Waals surface area contributed by atoms with Gasteiger partial charge in [0.25, 0.3) is 0 Å². The van der Waals surface area contributed by atoms with E-state index in [0.717, 1.165) is 24.5 Å². The average Bonchev–Trinajstić information content (AvgIpc) is 2.70. The smallest absolute Gasteiger partial charge is 0.395 e. The van der Waals surface area contributed by atoms with Crippen molar-refractivity contribution in [3.63, 3.8) is 0 Å². The third-order valence-corrected chi connectivity index (χ3v) is 6.52. The van der Waals surface area contributed by atoms with Crippen molar-refractivity contribution in [1.82, 2.24) is 0 Å². The number of esters is 1. The molecule has 31 heavy (non-hydrogen) atoms. The van der Waals surface area contributed by atoms with Crippen LogP contribution in [0.1, 0.15) is 65.7 Å². The molecule has 1 fully saturated rings. The first-order valence-corrected chi connectivity index (χ1v) is 11.1.